The van der Waals surface area contributed by atoms with E-state index in [0.29, 0.717) is 6.54 Å². The maximum Gasteiger partial charge on any atom is 0.228 e. The summed E-state index contributed by atoms with van der Waals surface area (Å²) in [6.45, 7) is 0.563. The monoisotopic (exact) mass is 258 g/mol. The number of amides is 1. The van der Waals surface area contributed by atoms with Crippen molar-refractivity contribution >= 4 is 5.91 Å². The van der Waals surface area contributed by atoms with E-state index in [4.69, 9.17) is 5.73 Å². The van der Waals surface area contributed by atoms with Crippen molar-refractivity contribution in [2.45, 2.75) is 50.0 Å². The Morgan fingerprint density at radius 1 is 1.26 bits per heavy atom. The van der Waals surface area contributed by atoms with Crippen molar-refractivity contribution in [3.8, 4) is 0 Å². The van der Waals surface area contributed by atoms with Gasteiger partial charge in [0.05, 0.1) is 11.5 Å². The first-order valence-corrected chi connectivity index (χ1v) is 7.34. The molecule has 0 aromatic heterocycles. The lowest BCUT2D eigenvalue weighted by Gasteiger charge is -2.39. The summed E-state index contributed by atoms with van der Waals surface area (Å²) in [5.41, 5.74) is 8.30. The first-order valence-electron chi connectivity index (χ1n) is 7.34. The van der Waals surface area contributed by atoms with Gasteiger partial charge in [0.1, 0.15) is 0 Å². The third-order valence-electron chi connectivity index (χ3n) is 4.76. The van der Waals surface area contributed by atoms with Gasteiger partial charge in [-0.25, -0.2) is 0 Å². The molecule has 1 unspecified atom stereocenters. The van der Waals surface area contributed by atoms with E-state index in [2.05, 4.69) is 17.4 Å². The van der Waals surface area contributed by atoms with Crippen LogP contribution in [-0.4, -0.2) is 18.0 Å². The highest BCUT2D eigenvalue weighted by Gasteiger charge is 2.37. The van der Waals surface area contributed by atoms with Gasteiger partial charge in [-0.3, -0.25) is 4.79 Å². The zero-order chi connectivity index (χ0) is 13.3. The van der Waals surface area contributed by atoms with Crippen molar-refractivity contribution < 1.29 is 4.79 Å². The molecule has 0 aliphatic heterocycles. The summed E-state index contributed by atoms with van der Waals surface area (Å²) in [7, 11) is 0. The number of fused-ring (bicyclic) bond motifs is 1. The van der Waals surface area contributed by atoms with Gasteiger partial charge < -0.3 is 11.1 Å². The molecule has 1 amide bonds. The Morgan fingerprint density at radius 2 is 2.00 bits per heavy atom. The average Bonchev–Trinajstić information content (AvgIpc) is 2.41. The van der Waals surface area contributed by atoms with Gasteiger partial charge in [-0.1, -0.05) is 43.5 Å². The molecule has 2 aliphatic rings. The SMILES string of the molecule is NCC1(NC(=O)C2Cc3ccccc32)CCCCC1. The highest BCUT2D eigenvalue weighted by atomic mass is 16.2. The molecule has 19 heavy (non-hydrogen) atoms. The molecule has 3 N–H and O–H groups in total. The Morgan fingerprint density at radius 3 is 2.68 bits per heavy atom. The lowest BCUT2D eigenvalue weighted by molar-refractivity contribution is -0.125. The molecule has 102 valence electrons. The minimum atomic E-state index is -0.139. The maximum atomic E-state index is 12.5. The highest BCUT2D eigenvalue weighted by Crippen LogP contribution is 2.36. The standard InChI is InChI=1S/C16H22N2O/c17-11-16(8-4-1-5-9-16)18-15(19)14-10-12-6-2-3-7-13(12)14/h2-3,6-7,14H,1,4-5,8-11,17H2,(H,18,19). The molecule has 1 fully saturated rings. The molecule has 1 atom stereocenters. The second-order valence-corrected chi connectivity index (χ2v) is 5.99. The van der Waals surface area contributed by atoms with Crippen LogP contribution in [0.4, 0.5) is 0 Å². The van der Waals surface area contributed by atoms with E-state index >= 15 is 0 Å². The van der Waals surface area contributed by atoms with Gasteiger partial charge in [0.2, 0.25) is 5.91 Å². The Bertz CT molecular complexity index is 477. The van der Waals surface area contributed by atoms with Crippen molar-refractivity contribution in [3.05, 3.63) is 35.4 Å². The van der Waals surface area contributed by atoms with Crippen LogP contribution in [0.15, 0.2) is 24.3 Å². The van der Waals surface area contributed by atoms with Gasteiger partial charge in [0.25, 0.3) is 0 Å². The number of carbonyl (C=O) groups excluding carboxylic acids is 1. The van der Waals surface area contributed by atoms with E-state index in [1.807, 2.05) is 12.1 Å². The minimum Gasteiger partial charge on any atom is -0.349 e. The van der Waals surface area contributed by atoms with Crippen LogP contribution < -0.4 is 11.1 Å². The van der Waals surface area contributed by atoms with Crippen molar-refractivity contribution in [1.29, 1.82) is 0 Å². The third kappa shape index (κ3) is 2.27. The third-order valence-corrected chi connectivity index (χ3v) is 4.76. The Kier molecular flexibility index (Phi) is 3.31. The summed E-state index contributed by atoms with van der Waals surface area (Å²) >= 11 is 0. The van der Waals surface area contributed by atoms with Crippen LogP contribution in [0.25, 0.3) is 0 Å². The van der Waals surface area contributed by atoms with E-state index in [-0.39, 0.29) is 17.4 Å². The van der Waals surface area contributed by atoms with E-state index in [9.17, 15) is 4.79 Å². The number of benzene rings is 1. The highest BCUT2D eigenvalue weighted by molar-refractivity contribution is 5.87. The molecule has 3 nitrogen and oxygen atoms in total. The van der Waals surface area contributed by atoms with Gasteiger partial charge in [-0.15, -0.1) is 0 Å². The minimum absolute atomic E-state index is 0.0431. The molecule has 3 rings (SSSR count). The van der Waals surface area contributed by atoms with Gasteiger partial charge in [0, 0.05) is 6.54 Å². The summed E-state index contributed by atoms with van der Waals surface area (Å²) < 4.78 is 0. The quantitative estimate of drug-likeness (QED) is 0.872. The number of rotatable bonds is 3. The molecule has 3 heteroatoms. The summed E-state index contributed by atoms with van der Waals surface area (Å²) in [6.07, 6.45) is 6.57. The van der Waals surface area contributed by atoms with Crippen LogP contribution in [0, 0.1) is 0 Å². The Balaban J connectivity index is 1.69. The molecule has 0 heterocycles. The molecule has 1 saturated carbocycles. The summed E-state index contributed by atoms with van der Waals surface area (Å²) in [5, 5.41) is 3.26. The number of hydrogen-bond donors (Lipinski definition) is 2. The predicted octanol–water partition coefficient (Wildman–Crippen LogP) is 2.10. The zero-order valence-electron chi connectivity index (χ0n) is 11.3. The van der Waals surface area contributed by atoms with E-state index in [0.717, 1.165) is 19.3 Å². The summed E-state index contributed by atoms with van der Waals surface area (Å²) in [5.74, 6) is 0.215. The van der Waals surface area contributed by atoms with Crippen LogP contribution in [0.5, 0.6) is 0 Å². The molecule has 1 aromatic carbocycles. The van der Waals surface area contributed by atoms with Crippen LogP contribution in [0.2, 0.25) is 0 Å². The lowest BCUT2D eigenvalue weighted by atomic mass is 9.75. The molecule has 2 aliphatic carbocycles. The first-order chi connectivity index (χ1) is 9.24. The topological polar surface area (TPSA) is 55.1 Å². The van der Waals surface area contributed by atoms with E-state index < -0.39 is 0 Å². The Labute approximate surface area is 114 Å². The van der Waals surface area contributed by atoms with Crippen LogP contribution in [0.1, 0.15) is 49.1 Å². The number of hydrogen-bond acceptors (Lipinski definition) is 2. The van der Waals surface area contributed by atoms with Gasteiger partial charge in [-0.2, -0.15) is 0 Å². The molecule has 0 bridgehead atoms. The molecule has 0 spiro atoms. The van der Waals surface area contributed by atoms with Crippen LogP contribution in [0.3, 0.4) is 0 Å². The fourth-order valence-corrected chi connectivity index (χ4v) is 3.45. The van der Waals surface area contributed by atoms with Gasteiger partial charge >= 0.3 is 0 Å². The van der Waals surface area contributed by atoms with Crippen LogP contribution in [-0.2, 0) is 11.2 Å². The number of nitrogens with two attached hydrogens (primary N) is 1. The molecule has 0 radical (unpaired) electrons. The van der Waals surface area contributed by atoms with Crippen molar-refractivity contribution in [2.24, 2.45) is 5.73 Å². The normalized spacial score (nSPS) is 24.2. The van der Waals surface area contributed by atoms with Gasteiger partial charge in [-0.05, 0) is 30.4 Å². The number of nitrogens with one attached hydrogen (secondary N) is 1. The number of carbonyl (C=O) groups is 1. The summed E-state index contributed by atoms with van der Waals surface area (Å²) in [6, 6.07) is 8.23. The molecule has 0 saturated heterocycles. The lowest BCUT2D eigenvalue weighted by Crippen LogP contribution is -2.56. The van der Waals surface area contributed by atoms with Crippen LogP contribution >= 0.6 is 0 Å². The van der Waals surface area contributed by atoms with Gasteiger partial charge in [0.15, 0.2) is 0 Å². The molecular formula is C16H22N2O. The van der Waals surface area contributed by atoms with Crippen molar-refractivity contribution in [2.75, 3.05) is 6.54 Å². The molecule has 1 aromatic rings. The summed E-state index contributed by atoms with van der Waals surface area (Å²) in [4.78, 5) is 12.5. The Hall–Kier alpha value is -1.35. The zero-order valence-corrected chi connectivity index (χ0v) is 11.3. The smallest absolute Gasteiger partial charge is 0.228 e. The predicted molar refractivity (Wildman–Crippen MR) is 75.9 cm³/mol. The largest absolute Gasteiger partial charge is 0.349 e. The van der Waals surface area contributed by atoms with E-state index in [1.165, 1.54) is 30.4 Å². The van der Waals surface area contributed by atoms with Crippen molar-refractivity contribution in [3.63, 3.8) is 0 Å². The second-order valence-electron chi connectivity index (χ2n) is 5.99. The average molecular weight is 258 g/mol. The molecular weight excluding hydrogens is 236 g/mol. The maximum absolute atomic E-state index is 12.5. The van der Waals surface area contributed by atoms with Crippen molar-refractivity contribution in [1.82, 2.24) is 5.32 Å². The first kappa shape index (κ1) is 12.7. The fraction of sp³-hybridized carbons (Fsp3) is 0.562. The fourth-order valence-electron chi connectivity index (χ4n) is 3.45. The van der Waals surface area contributed by atoms with E-state index in [1.54, 1.807) is 0 Å². The second kappa shape index (κ2) is 4.97.